The van der Waals surface area contributed by atoms with E-state index in [1.54, 1.807) is 7.11 Å². The average molecular weight is 279 g/mol. The lowest BCUT2D eigenvalue weighted by Crippen LogP contribution is -2.22. The van der Waals surface area contributed by atoms with E-state index in [9.17, 15) is 18.0 Å². The van der Waals surface area contributed by atoms with Gasteiger partial charge in [-0.05, 0) is 0 Å². The van der Waals surface area contributed by atoms with Crippen LogP contribution in [0.4, 0.5) is 13.2 Å². The molecule has 0 atom stereocenters. The van der Waals surface area contributed by atoms with Crippen molar-refractivity contribution < 1.29 is 17.9 Å². The van der Waals surface area contributed by atoms with Crippen LogP contribution in [0.1, 0.15) is 17.9 Å². The van der Waals surface area contributed by atoms with Crippen molar-refractivity contribution in [3.05, 3.63) is 27.9 Å². The molecule has 0 aliphatic heterocycles. The number of hydrogen-bond donors (Lipinski definition) is 2. The number of hydrogen-bond acceptors (Lipinski definition) is 4. The summed E-state index contributed by atoms with van der Waals surface area (Å²) >= 11 is 0. The molecule has 108 valence electrons. The average Bonchev–Trinajstić information content (AvgIpc) is 2.31. The normalized spacial score (nSPS) is 11.8. The van der Waals surface area contributed by atoms with Crippen molar-refractivity contribution in [2.75, 3.05) is 20.3 Å². The van der Waals surface area contributed by atoms with Crippen LogP contribution in [0.3, 0.4) is 0 Å². The Labute approximate surface area is 108 Å². The fraction of sp³-hybridized carbons (Fsp3) is 0.636. The predicted octanol–water partition coefficient (Wildman–Crippen LogP) is 1.00. The van der Waals surface area contributed by atoms with Gasteiger partial charge in [-0.15, -0.1) is 0 Å². The molecule has 0 saturated heterocycles. The number of rotatable bonds is 7. The molecule has 0 radical (unpaired) electrons. The Morgan fingerprint density at radius 1 is 1.47 bits per heavy atom. The maximum Gasteiger partial charge on any atom is 0.389 e. The lowest BCUT2D eigenvalue weighted by Gasteiger charge is -2.07. The van der Waals surface area contributed by atoms with Crippen LogP contribution in [0.15, 0.2) is 10.9 Å². The van der Waals surface area contributed by atoms with Crippen molar-refractivity contribution in [2.24, 2.45) is 0 Å². The summed E-state index contributed by atoms with van der Waals surface area (Å²) in [6.07, 6.45) is -5.59. The Morgan fingerprint density at radius 3 is 2.84 bits per heavy atom. The van der Waals surface area contributed by atoms with Gasteiger partial charge in [0.05, 0.1) is 18.7 Å². The van der Waals surface area contributed by atoms with Crippen LogP contribution in [0.2, 0.25) is 0 Å². The van der Waals surface area contributed by atoms with Crippen LogP contribution in [-0.4, -0.2) is 36.4 Å². The lowest BCUT2D eigenvalue weighted by molar-refractivity contribution is -0.134. The minimum atomic E-state index is -4.26. The van der Waals surface area contributed by atoms with Crippen molar-refractivity contribution in [3.63, 3.8) is 0 Å². The molecule has 0 aromatic carbocycles. The molecular formula is C11H16F3N3O2. The van der Waals surface area contributed by atoms with Gasteiger partial charge < -0.3 is 15.0 Å². The zero-order chi connectivity index (χ0) is 14.3. The minimum Gasteiger partial charge on any atom is -0.383 e. The van der Waals surface area contributed by atoms with Gasteiger partial charge in [-0.2, -0.15) is 13.2 Å². The molecule has 0 saturated carbocycles. The van der Waals surface area contributed by atoms with Crippen molar-refractivity contribution in [1.82, 2.24) is 15.3 Å². The van der Waals surface area contributed by atoms with Crippen LogP contribution >= 0.6 is 0 Å². The number of nitrogens with one attached hydrogen (secondary N) is 2. The number of aromatic nitrogens is 2. The topological polar surface area (TPSA) is 67.0 Å². The molecule has 0 spiro atoms. The first-order valence-electron chi connectivity index (χ1n) is 5.76. The largest absolute Gasteiger partial charge is 0.389 e. The molecule has 1 heterocycles. The Bertz CT molecular complexity index is 446. The monoisotopic (exact) mass is 279 g/mol. The van der Waals surface area contributed by atoms with E-state index in [1.807, 2.05) is 0 Å². The van der Waals surface area contributed by atoms with Gasteiger partial charge in [0.25, 0.3) is 5.56 Å². The van der Waals surface area contributed by atoms with E-state index in [4.69, 9.17) is 4.74 Å². The van der Waals surface area contributed by atoms with Crippen LogP contribution < -0.4 is 10.9 Å². The molecule has 5 nitrogen and oxygen atoms in total. The second kappa shape index (κ2) is 7.25. The number of alkyl halides is 3. The molecule has 0 bridgehead atoms. The van der Waals surface area contributed by atoms with E-state index in [1.165, 1.54) is 6.07 Å². The molecule has 0 amide bonds. The number of aromatic amines is 1. The molecule has 19 heavy (non-hydrogen) atoms. The predicted molar refractivity (Wildman–Crippen MR) is 62.8 cm³/mol. The van der Waals surface area contributed by atoms with Crippen LogP contribution in [0, 0.1) is 0 Å². The SMILES string of the molecule is COCCNCc1cc(=O)[nH]c(CCC(F)(F)F)n1. The number of ether oxygens (including phenoxy) is 1. The van der Waals surface area contributed by atoms with E-state index >= 15 is 0 Å². The van der Waals surface area contributed by atoms with Gasteiger partial charge in [0.1, 0.15) is 5.82 Å². The highest BCUT2D eigenvalue weighted by atomic mass is 19.4. The summed E-state index contributed by atoms with van der Waals surface area (Å²) in [5.74, 6) is 0.0494. The van der Waals surface area contributed by atoms with Gasteiger partial charge in [-0.25, -0.2) is 4.98 Å². The van der Waals surface area contributed by atoms with Crippen LogP contribution in [-0.2, 0) is 17.7 Å². The molecule has 1 aromatic heterocycles. The number of nitrogens with zero attached hydrogens (tertiary/aromatic N) is 1. The van der Waals surface area contributed by atoms with E-state index in [0.717, 1.165) is 0 Å². The van der Waals surface area contributed by atoms with Gasteiger partial charge in [0.15, 0.2) is 0 Å². The number of H-pyrrole nitrogens is 1. The number of methoxy groups -OCH3 is 1. The Hall–Kier alpha value is -1.41. The van der Waals surface area contributed by atoms with Crippen molar-refractivity contribution in [2.45, 2.75) is 25.6 Å². The van der Waals surface area contributed by atoms with Crippen molar-refractivity contribution in [3.8, 4) is 0 Å². The summed E-state index contributed by atoms with van der Waals surface area (Å²) in [6, 6.07) is 1.26. The minimum absolute atomic E-state index is 0.0494. The number of aryl methyl sites for hydroxylation is 1. The summed E-state index contributed by atoms with van der Waals surface area (Å²) in [4.78, 5) is 17.6. The first kappa shape index (κ1) is 15.6. The fourth-order valence-electron chi connectivity index (χ4n) is 1.42. The van der Waals surface area contributed by atoms with Gasteiger partial charge in [-0.3, -0.25) is 4.79 Å². The molecule has 0 unspecified atom stereocenters. The number of halogens is 3. The van der Waals surface area contributed by atoms with Gasteiger partial charge in [-0.1, -0.05) is 0 Å². The third kappa shape index (κ3) is 6.92. The van der Waals surface area contributed by atoms with E-state index in [-0.39, 0.29) is 12.2 Å². The molecule has 0 aliphatic carbocycles. The summed E-state index contributed by atoms with van der Waals surface area (Å²) in [5.41, 5.74) is -0.0345. The highest BCUT2D eigenvalue weighted by Gasteiger charge is 2.27. The second-order valence-electron chi connectivity index (χ2n) is 3.97. The molecular weight excluding hydrogens is 263 g/mol. The maximum atomic E-state index is 12.1. The summed E-state index contributed by atoms with van der Waals surface area (Å²) < 4.78 is 41.1. The van der Waals surface area contributed by atoms with Crippen LogP contribution in [0.25, 0.3) is 0 Å². The summed E-state index contributed by atoms with van der Waals surface area (Å²) in [7, 11) is 1.56. The van der Waals surface area contributed by atoms with E-state index in [0.29, 0.717) is 25.4 Å². The summed E-state index contributed by atoms with van der Waals surface area (Å²) in [5, 5.41) is 2.97. The fourth-order valence-corrected chi connectivity index (χ4v) is 1.42. The summed E-state index contributed by atoms with van der Waals surface area (Å²) in [6.45, 7) is 1.39. The molecule has 0 aliphatic rings. The lowest BCUT2D eigenvalue weighted by atomic mass is 10.3. The highest BCUT2D eigenvalue weighted by Crippen LogP contribution is 2.20. The molecule has 1 aromatic rings. The first-order chi connectivity index (χ1) is 8.90. The molecule has 1 rings (SSSR count). The smallest absolute Gasteiger partial charge is 0.383 e. The Morgan fingerprint density at radius 2 is 2.21 bits per heavy atom. The van der Waals surface area contributed by atoms with E-state index < -0.39 is 18.2 Å². The first-order valence-corrected chi connectivity index (χ1v) is 5.76. The van der Waals surface area contributed by atoms with Gasteiger partial charge >= 0.3 is 6.18 Å². The zero-order valence-electron chi connectivity index (χ0n) is 10.5. The molecule has 8 heteroatoms. The highest BCUT2D eigenvalue weighted by molar-refractivity contribution is 5.03. The quantitative estimate of drug-likeness (QED) is 0.731. The maximum absolute atomic E-state index is 12.1. The Kier molecular flexibility index (Phi) is 5.97. The van der Waals surface area contributed by atoms with Gasteiger partial charge in [0, 0.05) is 32.7 Å². The third-order valence-corrected chi connectivity index (χ3v) is 2.28. The van der Waals surface area contributed by atoms with Crippen molar-refractivity contribution >= 4 is 0 Å². The van der Waals surface area contributed by atoms with Crippen molar-refractivity contribution in [1.29, 1.82) is 0 Å². The van der Waals surface area contributed by atoms with Crippen LogP contribution in [0.5, 0.6) is 0 Å². The Balaban J connectivity index is 2.58. The zero-order valence-corrected chi connectivity index (χ0v) is 10.5. The third-order valence-electron chi connectivity index (χ3n) is 2.28. The molecule has 2 N–H and O–H groups in total. The molecule has 0 fully saturated rings. The van der Waals surface area contributed by atoms with Gasteiger partial charge in [0.2, 0.25) is 0 Å². The van der Waals surface area contributed by atoms with E-state index in [2.05, 4.69) is 15.3 Å². The standard InChI is InChI=1S/C11H16F3N3O2/c1-19-5-4-15-7-8-6-10(18)17-9(16-8)2-3-11(12,13)14/h6,15H,2-5,7H2,1H3,(H,16,17,18). The second-order valence-corrected chi connectivity index (χ2v) is 3.97.